The fourth-order valence-electron chi connectivity index (χ4n) is 2.24. The molecule has 2 aromatic carbocycles. The second-order valence-corrected chi connectivity index (χ2v) is 6.10. The Balaban J connectivity index is 2.14. The number of alkyl halides is 3. The van der Waals surface area contributed by atoms with Crippen LogP contribution < -0.4 is 5.32 Å². The molecular formula is C18H19F3N2S. The van der Waals surface area contributed by atoms with Gasteiger partial charge in [0.05, 0.1) is 5.56 Å². The van der Waals surface area contributed by atoms with Crippen molar-refractivity contribution in [3.63, 3.8) is 0 Å². The molecule has 0 unspecified atom stereocenters. The van der Waals surface area contributed by atoms with Gasteiger partial charge in [-0.2, -0.15) is 13.2 Å². The van der Waals surface area contributed by atoms with E-state index in [1.807, 2.05) is 49.1 Å². The van der Waals surface area contributed by atoms with Crippen molar-refractivity contribution in [2.45, 2.75) is 32.6 Å². The van der Waals surface area contributed by atoms with Gasteiger partial charge in [0, 0.05) is 18.3 Å². The van der Waals surface area contributed by atoms with E-state index < -0.39 is 11.7 Å². The molecule has 0 aliphatic carbocycles. The zero-order valence-electron chi connectivity index (χ0n) is 13.5. The smallest absolute Gasteiger partial charge is 0.342 e. The lowest BCUT2D eigenvalue weighted by molar-refractivity contribution is -0.137. The van der Waals surface area contributed by atoms with E-state index in [-0.39, 0.29) is 6.04 Å². The Morgan fingerprint density at radius 3 is 2.33 bits per heavy atom. The summed E-state index contributed by atoms with van der Waals surface area (Å²) in [5, 5.41) is 3.31. The Kier molecular flexibility index (Phi) is 5.83. The monoisotopic (exact) mass is 352 g/mol. The van der Waals surface area contributed by atoms with Crippen molar-refractivity contribution >= 4 is 23.0 Å². The van der Waals surface area contributed by atoms with Crippen LogP contribution in [-0.2, 0) is 12.7 Å². The van der Waals surface area contributed by atoms with Gasteiger partial charge in [-0.05, 0) is 49.8 Å². The number of nitrogens with zero attached hydrogens (tertiary/aromatic N) is 1. The molecule has 0 aromatic heterocycles. The van der Waals surface area contributed by atoms with Crippen LogP contribution in [-0.4, -0.2) is 16.1 Å². The van der Waals surface area contributed by atoms with Crippen LogP contribution in [0.1, 0.15) is 25.0 Å². The van der Waals surface area contributed by atoms with E-state index in [0.717, 1.165) is 17.7 Å². The Morgan fingerprint density at radius 1 is 1.08 bits per heavy atom. The van der Waals surface area contributed by atoms with E-state index in [1.165, 1.54) is 6.07 Å². The maximum atomic E-state index is 12.8. The summed E-state index contributed by atoms with van der Waals surface area (Å²) in [4.78, 5) is 1.94. The lowest BCUT2D eigenvalue weighted by atomic mass is 10.2. The lowest BCUT2D eigenvalue weighted by Gasteiger charge is -2.30. The van der Waals surface area contributed by atoms with Crippen molar-refractivity contribution < 1.29 is 13.2 Å². The quantitative estimate of drug-likeness (QED) is 0.751. The predicted molar refractivity (Wildman–Crippen MR) is 94.8 cm³/mol. The van der Waals surface area contributed by atoms with Crippen LogP contribution in [0.15, 0.2) is 54.6 Å². The van der Waals surface area contributed by atoms with Gasteiger partial charge in [0.25, 0.3) is 0 Å². The highest BCUT2D eigenvalue weighted by molar-refractivity contribution is 7.80. The molecule has 0 saturated carbocycles. The van der Waals surface area contributed by atoms with Crippen molar-refractivity contribution in [3.8, 4) is 0 Å². The zero-order chi connectivity index (χ0) is 17.7. The van der Waals surface area contributed by atoms with Crippen LogP contribution in [0.5, 0.6) is 0 Å². The van der Waals surface area contributed by atoms with Gasteiger partial charge in [0.2, 0.25) is 0 Å². The predicted octanol–water partition coefficient (Wildman–Crippen LogP) is 5.31. The van der Waals surface area contributed by atoms with Crippen LogP contribution in [0.4, 0.5) is 18.9 Å². The highest BCUT2D eigenvalue weighted by Crippen LogP contribution is 2.30. The molecule has 2 aromatic rings. The molecule has 24 heavy (non-hydrogen) atoms. The SMILES string of the molecule is CC(C)N(Cc1ccccc1)C(=S)Nc1cccc(C(F)(F)F)c1. The number of hydrogen-bond donors (Lipinski definition) is 1. The summed E-state index contributed by atoms with van der Waals surface area (Å²) in [6, 6.07) is 14.9. The molecule has 0 heterocycles. The molecule has 0 saturated heterocycles. The van der Waals surface area contributed by atoms with Crippen molar-refractivity contribution in [2.24, 2.45) is 0 Å². The average Bonchev–Trinajstić information content (AvgIpc) is 2.52. The van der Waals surface area contributed by atoms with Crippen LogP contribution in [0.2, 0.25) is 0 Å². The summed E-state index contributed by atoms with van der Waals surface area (Å²) in [5.74, 6) is 0. The van der Waals surface area contributed by atoms with Gasteiger partial charge in [-0.25, -0.2) is 0 Å². The van der Waals surface area contributed by atoms with E-state index in [9.17, 15) is 13.2 Å². The molecule has 0 fully saturated rings. The molecule has 0 bridgehead atoms. The topological polar surface area (TPSA) is 15.3 Å². The van der Waals surface area contributed by atoms with Gasteiger partial charge in [0.1, 0.15) is 0 Å². The molecule has 1 N–H and O–H groups in total. The molecular weight excluding hydrogens is 333 g/mol. The first-order valence-electron chi connectivity index (χ1n) is 7.56. The van der Waals surface area contributed by atoms with Gasteiger partial charge in [-0.3, -0.25) is 0 Å². The third kappa shape index (κ3) is 4.96. The summed E-state index contributed by atoms with van der Waals surface area (Å²) in [5.41, 5.74) is 0.711. The highest BCUT2D eigenvalue weighted by atomic mass is 32.1. The maximum Gasteiger partial charge on any atom is 0.416 e. The molecule has 0 aliphatic heterocycles. The van der Waals surface area contributed by atoms with E-state index in [2.05, 4.69) is 5.32 Å². The number of benzene rings is 2. The number of nitrogens with one attached hydrogen (secondary N) is 1. The van der Waals surface area contributed by atoms with E-state index >= 15 is 0 Å². The third-order valence-electron chi connectivity index (χ3n) is 3.52. The van der Waals surface area contributed by atoms with Gasteiger partial charge in [-0.1, -0.05) is 36.4 Å². The first-order valence-corrected chi connectivity index (χ1v) is 7.97. The Hall–Kier alpha value is -2.08. The Labute approximate surface area is 145 Å². The number of thiocarbonyl (C=S) groups is 1. The second kappa shape index (κ2) is 7.66. The summed E-state index contributed by atoms with van der Waals surface area (Å²) in [6.07, 6.45) is -4.37. The van der Waals surface area contributed by atoms with Crippen LogP contribution in [0, 0.1) is 0 Å². The van der Waals surface area contributed by atoms with Crippen LogP contribution >= 0.6 is 12.2 Å². The minimum atomic E-state index is -4.37. The molecule has 0 aliphatic rings. The molecule has 0 spiro atoms. The lowest BCUT2D eigenvalue weighted by Crippen LogP contribution is -2.39. The van der Waals surface area contributed by atoms with Crippen LogP contribution in [0.3, 0.4) is 0 Å². The van der Waals surface area contributed by atoms with Crippen molar-refractivity contribution in [3.05, 3.63) is 65.7 Å². The van der Waals surface area contributed by atoms with E-state index in [4.69, 9.17) is 12.2 Å². The number of anilines is 1. The number of hydrogen-bond acceptors (Lipinski definition) is 1. The Bertz CT molecular complexity index is 684. The molecule has 2 rings (SSSR count). The van der Waals surface area contributed by atoms with E-state index in [0.29, 0.717) is 17.3 Å². The third-order valence-corrected chi connectivity index (χ3v) is 3.86. The van der Waals surface area contributed by atoms with Crippen LogP contribution in [0.25, 0.3) is 0 Å². The molecule has 128 valence electrons. The number of halogens is 3. The maximum absolute atomic E-state index is 12.8. The van der Waals surface area contributed by atoms with Gasteiger partial charge < -0.3 is 10.2 Å². The molecule has 2 nitrogen and oxygen atoms in total. The summed E-state index contributed by atoms with van der Waals surface area (Å²) in [6.45, 7) is 4.56. The van der Waals surface area contributed by atoms with E-state index in [1.54, 1.807) is 6.07 Å². The summed E-state index contributed by atoms with van der Waals surface area (Å²) >= 11 is 5.40. The van der Waals surface area contributed by atoms with Crippen molar-refractivity contribution in [2.75, 3.05) is 5.32 Å². The summed E-state index contributed by atoms with van der Waals surface area (Å²) in [7, 11) is 0. The second-order valence-electron chi connectivity index (χ2n) is 5.72. The standard InChI is InChI=1S/C18H19F3N2S/c1-13(2)23(12-14-7-4-3-5-8-14)17(24)22-16-10-6-9-15(11-16)18(19,20)21/h3-11,13H,12H2,1-2H3,(H,22,24). The first-order chi connectivity index (χ1) is 11.3. The van der Waals surface area contributed by atoms with Gasteiger partial charge in [0.15, 0.2) is 5.11 Å². The molecule has 0 amide bonds. The van der Waals surface area contributed by atoms with Crippen molar-refractivity contribution in [1.29, 1.82) is 0 Å². The minimum Gasteiger partial charge on any atom is -0.342 e. The molecule has 0 radical (unpaired) electrons. The normalized spacial score (nSPS) is 11.4. The Morgan fingerprint density at radius 2 is 1.75 bits per heavy atom. The highest BCUT2D eigenvalue weighted by Gasteiger charge is 2.30. The summed E-state index contributed by atoms with van der Waals surface area (Å²) < 4.78 is 38.4. The fourth-order valence-corrected chi connectivity index (χ4v) is 2.63. The zero-order valence-corrected chi connectivity index (χ0v) is 14.3. The molecule has 0 atom stereocenters. The molecule has 6 heteroatoms. The largest absolute Gasteiger partial charge is 0.416 e. The fraction of sp³-hybridized carbons (Fsp3) is 0.278. The average molecular weight is 352 g/mol. The number of rotatable bonds is 4. The minimum absolute atomic E-state index is 0.107. The first kappa shape index (κ1) is 18.3. The van der Waals surface area contributed by atoms with Gasteiger partial charge >= 0.3 is 6.18 Å². The van der Waals surface area contributed by atoms with Crippen molar-refractivity contribution in [1.82, 2.24) is 4.90 Å². The van der Waals surface area contributed by atoms with Gasteiger partial charge in [-0.15, -0.1) is 0 Å².